The van der Waals surface area contributed by atoms with E-state index >= 15 is 0 Å². The summed E-state index contributed by atoms with van der Waals surface area (Å²) >= 11 is 0. The van der Waals surface area contributed by atoms with Crippen LogP contribution in [0.4, 0.5) is 14.5 Å². The summed E-state index contributed by atoms with van der Waals surface area (Å²) in [5, 5.41) is 3.40. The summed E-state index contributed by atoms with van der Waals surface area (Å²) in [6.45, 7) is 0.479. The lowest BCUT2D eigenvalue weighted by molar-refractivity contribution is -0.0498. The number of hydrogen-bond acceptors (Lipinski definition) is 2. The average molecular weight is 281 g/mol. The predicted molar refractivity (Wildman–Crippen MR) is 75.4 cm³/mol. The highest BCUT2D eigenvalue weighted by atomic mass is 19.3. The summed E-state index contributed by atoms with van der Waals surface area (Å²) < 4.78 is 29.2. The van der Waals surface area contributed by atoms with Gasteiger partial charge in [0.1, 0.15) is 5.75 Å². The Labute approximate surface area is 118 Å². The molecule has 2 nitrogen and oxygen atoms in total. The van der Waals surface area contributed by atoms with Crippen molar-refractivity contribution in [3.63, 3.8) is 0 Å². The number of rotatable bonds is 3. The van der Waals surface area contributed by atoms with Crippen molar-refractivity contribution in [1.29, 1.82) is 0 Å². The highest BCUT2D eigenvalue weighted by Crippen LogP contribution is 2.44. The Kier molecular flexibility index (Phi) is 3.81. The quantitative estimate of drug-likeness (QED) is 0.872. The topological polar surface area (TPSA) is 21.3 Å². The number of alkyl halides is 2. The van der Waals surface area contributed by atoms with E-state index in [-0.39, 0.29) is 5.75 Å². The summed E-state index contributed by atoms with van der Waals surface area (Å²) in [4.78, 5) is 0. The molecule has 1 aliphatic carbocycles. The Balaban J connectivity index is 1.80. The summed E-state index contributed by atoms with van der Waals surface area (Å²) in [6.07, 6.45) is 5.09. The molecule has 1 aromatic carbocycles. The number of hydrogen-bond donors (Lipinski definition) is 1. The second-order valence-electron chi connectivity index (χ2n) is 6.15. The molecule has 110 valence electrons. The third kappa shape index (κ3) is 2.74. The van der Waals surface area contributed by atoms with Gasteiger partial charge >= 0.3 is 6.61 Å². The molecule has 0 aromatic heterocycles. The maximum Gasteiger partial charge on any atom is 0.387 e. The minimum absolute atomic E-state index is 0.274. The van der Waals surface area contributed by atoms with E-state index in [9.17, 15) is 8.78 Å². The molecule has 1 heterocycles. The van der Waals surface area contributed by atoms with Crippen molar-refractivity contribution in [3.8, 4) is 5.75 Å². The number of anilines is 1. The van der Waals surface area contributed by atoms with E-state index < -0.39 is 6.61 Å². The first kappa shape index (κ1) is 13.7. The molecular formula is C16H21F2NO. The molecule has 3 unspecified atom stereocenters. The SMILES string of the molecule is CC1CCCC(C2CNc3ccc(OC(F)F)cc32)C1. The van der Waals surface area contributed by atoms with Crippen LogP contribution in [0, 0.1) is 11.8 Å². The maximum absolute atomic E-state index is 12.3. The number of fused-ring (bicyclic) bond motifs is 1. The Bertz CT molecular complexity index is 478. The minimum Gasteiger partial charge on any atom is -0.435 e. The normalized spacial score (nSPS) is 29.1. The predicted octanol–water partition coefficient (Wildman–Crippen LogP) is 4.62. The Morgan fingerprint density at radius 3 is 2.90 bits per heavy atom. The number of nitrogens with one attached hydrogen (secondary N) is 1. The molecule has 1 saturated carbocycles. The van der Waals surface area contributed by atoms with E-state index in [4.69, 9.17) is 0 Å². The van der Waals surface area contributed by atoms with E-state index in [2.05, 4.69) is 17.0 Å². The zero-order valence-electron chi connectivity index (χ0n) is 11.7. The standard InChI is InChI=1S/C16H21F2NO/c1-10-3-2-4-11(7-10)14-9-19-15-6-5-12(8-13(14)15)20-16(17)18/h5-6,8,10-11,14,16,19H,2-4,7,9H2,1H3. The second-order valence-corrected chi connectivity index (χ2v) is 6.15. The van der Waals surface area contributed by atoms with Gasteiger partial charge in [0.05, 0.1) is 0 Å². The van der Waals surface area contributed by atoms with Gasteiger partial charge in [0, 0.05) is 18.2 Å². The van der Waals surface area contributed by atoms with Crippen molar-refractivity contribution in [3.05, 3.63) is 23.8 Å². The highest BCUT2D eigenvalue weighted by Gasteiger charge is 2.32. The molecular weight excluding hydrogens is 260 g/mol. The average Bonchev–Trinajstić information content (AvgIpc) is 2.81. The number of halogens is 2. The molecule has 0 spiro atoms. The van der Waals surface area contributed by atoms with E-state index in [1.165, 1.54) is 25.7 Å². The van der Waals surface area contributed by atoms with Gasteiger partial charge < -0.3 is 10.1 Å². The second kappa shape index (κ2) is 5.58. The van der Waals surface area contributed by atoms with Crippen molar-refractivity contribution < 1.29 is 13.5 Å². The van der Waals surface area contributed by atoms with Gasteiger partial charge in [-0.2, -0.15) is 8.78 Å². The van der Waals surface area contributed by atoms with Crippen LogP contribution < -0.4 is 10.1 Å². The van der Waals surface area contributed by atoms with Gasteiger partial charge in [-0.3, -0.25) is 0 Å². The molecule has 0 amide bonds. The van der Waals surface area contributed by atoms with Gasteiger partial charge in [-0.25, -0.2) is 0 Å². The first-order valence-corrected chi connectivity index (χ1v) is 7.46. The fraction of sp³-hybridized carbons (Fsp3) is 0.625. The molecule has 1 fully saturated rings. The monoisotopic (exact) mass is 281 g/mol. The van der Waals surface area contributed by atoms with Crippen molar-refractivity contribution in [2.75, 3.05) is 11.9 Å². The smallest absolute Gasteiger partial charge is 0.387 e. The molecule has 0 bridgehead atoms. The van der Waals surface area contributed by atoms with Crippen LogP contribution in [0.2, 0.25) is 0 Å². The van der Waals surface area contributed by atoms with Gasteiger partial charge in [0.25, 0.3) is 0 Å². The fourth-order valence-corrected chi connectivity index (χ4v) is 3.78. The van der Waals surface area contributed by atoms with Gasteiger partial charge in [-0.05, 0) is 48.4 Å². The molecule has 4 heteroatoms. The molecule has 0 saturated heterocycles. The Morgan fingerprint density at radius 2 is 2.15 bits per heavy atom. The summed E-state index contributed by atoms with van der Waals surface area (Å²) in [5.74, 6) is 2.15. The number of ether oxygens (including phenoxy) is 1. The van der Waals surface area contributed by atoms with Crippen LogP contribution >= 0.6 is 0 Å². The lowest BCUT2D eigenvalue weighted by Gasteiger charge is -2.31. The molecule has 0 radical (unpaired) electrons. The lowest BCUT2D eigenvalue weighted by atomic mass is 9.74. The van der Waals surface area contributed by atoms with Gasteiger partial charge in [0.2, 0.25) is 0 Å². The molecule has 20 heavy (non-hydrogen) atoms. The molecule has 1 aromatic rings. The van der Waals surface area contributed by atoms with E-state index in [1.807, 2.05) is 6.07 Å². The van der Waals surface area contributed by atoms with Crippen LogP contribution in [0.5, 0.6) is 5.75 Å². The van der Waals surface area contributed by atoms with Crippen molar-refractivity contribution in [1.82, 2.24) is 0 Å². The summed E-state index contributed by atoms with van der Waals surface area (Å²) in [5.41, 5.74) is 2.23. The van der Waals surface area contributed by atoms with Gasteiger partial charge in [-0.1, -0.05) is 19.8 Å². The largest absolute Gasteiger partial charge is 0.435 e. The zero-order chi connectivity index (χ0) is 14.1. The van der Waals surface area contributed by atoms with Crippen LogP contribution in [0.15, 0.2) is 18.2 Å². The maximum atomic E-state index is 12.3. The summed E-state index contributed by atoms with van der Waals surface area (Å²) in [6, 6.07) is 5.27. The highest BCUT2D eigenvalue weighted by molar-refractivity contribution is 5.60. The Morgan fingerprint density at radius 1 is 1.30 bits per heavy atom. The third-order valence-electron chi connectivity index (χ3n) is 4.71. The van der Waals surface area contributed by atoms with Crippen LogP contribution in [0.25, 0.3) is 0 Å². The van der Waals surface area contributed by atoms with Crippen molar-refractivity contribution >= 4 is 5.69 Å². The molecule has 3 atom stereocenters. The zero-order valence-corrected chi connectivity index (χ0v) is 11.7. The van der Waals surface area contributed by atoms with Crippen LogP contribution in [-0.2, 0) is 0 Å². The van der Waals surface area contributed by atoms with Gasteiger partial charge in [0.15, 0.2) is 0 Å². The molecule has 1 N–H and O–H groups in total. The van der Waals surface area contributed by atoms with E-state index in [0.29, 0.717) is 11.8 Å². The molecule has 3 rings (SSSR count). The summed E-state index contributed by atoms with van der Waals surface area (Å²) in [7, 11) is 0. The van der Waals surface area contributed by atoms with E-state index in [0.717, 1.165) is 23.7 Å². The lowest BCUT2D eigenvalue weighted by Crippen LogP contribution is -2.21. The molecule has 1 aliphatic heterocycles. The fourth-order valence-electron chi connectivity index (χ4n) is 3.78. The van der Waals surface area contributed by atoms with Crippen LogP contribution in [0.1, 0.15) is 44.1 Å². The minimum atomic E-state index is -2.75. The number of benzene rings is 1. The van der Waals surface area contributed by atoms with E-state index in [1.54, 1.807) is 12.1 Å². The van der Waals surface area contributed by atoms with Crippen LogP contribution in [0.3, 0.4) is 0 Å². The van der Waals surface area contributed by atoms with Crippen molar-refractivity contribution in [2.24, 2.45) is 11.8 Å². The molecule has 2 aliphatic rings. The van der Waals surface area contributed by atoms with Crippen molar-refractivity contribution in [2.45, 2.75) is 45.1 Å². The Hall–Kier alpha value is -1.32. The first-order chi connectivity index (χ1) is 9.63. The van der Waals surface area contributed by atoms with Crippen LogP contribution in [-0.4, -0.2) is 13.2 Å². The third-order valence-corrected chi connectivity index (χ3v) is 4.71. The first-order valence-electron chi connectivity index (χ1n) is 7.46. The van der Waals surface area contributed by atoms with Gasteiger partial charge in [-0.15, -0.1) is 0 Å².